The van der Waals surface area contributed by atoms with E-state index in [1.165, 1.54) is 11.8 Å². The number of carbonyl (C=O) groups excluding carboxylic acids is 2. The number of fused-ring (bicyclic) bond motifs is 1. The highest BCUT2D eigenvalue weighted by Gasteiger charge is 2.16. The van der Waals surface area contributed by atoms with Crippen LogP contribution < -0.4 is 5.73 Å². The Morgan fingerprint density at radius 1 is 1.13 bits per heavy atom. The maximum absolute atomic E-state index is 11.7. The Morgan fingerprint density at radius 2 is 1.93 bits per heavy atom. The molecule has 2 aromatic carbocycles. The van der Waals surface area contributed by atoms with E-state index in [0.717, 1.165) is 27.7 Å². The fourth-order valence-corrected chi connectivity index (χ4v) is 5.40. The van der Waals surface area contributed by atoms with Crippen LogP contribution in [0.15, 0.2) is 54.6 Å². The second kappa shape index (κ2) is 10.7. The van der Waals surface area contributed by atoms with Crippen molar-refractivity contribution in [3.8, 4) is 0 Å². The van der Waals surface area contributed by atoms with Crippen LogP contribution in [0.25, 0.3) is 23.1 Å². The zero-order chi connectivity index (χ0) is 21.5. The van der Waals surface area contributed by atoms with Crippen LogP contribution in [0.2, 0.25) is 5.02 Å². The quantitative estimate of drug-likeness (QED) is 0.424. The standard InChI is InChI=1S/C23H21ClN2O2S2/c1-15(27)30-23(29-12-11-22(25)28)18-4-2-3-16(13-18)5-9-20-10-7-17-6-8-19(24)14-21(17)26-20/h2-10,13-14,23H,11-12H2,1H3,(H2,25,28)/b9-5+. The summed E-state index contributed by atoms with van der Waals surface area (Å²) in [4.78, 5) is 27.3. The number of nitrogens with zero attached hydrogens (tertiary/aromatic N) is 1. The van der Waals surface area contributed by atoms with Gasteiger partial charge in [0, 0.05) is 29.5 Å². The smallest absolute Gasteiger partial charge is 0.218 e. The van der Waals surface area contributed by atoms with Crippen molar-refractivity contribution in [1.29, 1.82) is 0 Å². The van der Waals surface area contributed by atoms with Gasteiger partial charge in [-0.1, -0.05) is 59.8 Å². The Morgan fingerprint density at radius 3 is 2.70 bits per heavy atom. The minimum absolute atomic E-state index is 0.0338. The van der Waals surface area contributed by atoms with E-state index in [-0.39, 0.29) is 22.0 Å². The number of hydrogen-bond acceptors (Lipinski definition) is 5. The molecule has 0 saturated heterocycles. The summed E-state index contributed by atoms with van der Waals surface area (Å²) >= 11 is 8.87. The van der Waals surface area contributed by atoms with Crippen molar-refractivity contribution in [2.75, 3.05) is 5.75 Å². The third-order valence-corrected chi connectivity index (χ3v) is 6.96. The fraction of sp³-hybridized carbons (Fsp3) is 0.174. The Bertz CT molecular complexity index is 1100. The number of halogens is 1. The summed E-state index contributed by atoms with van der Waals surface area (Å²) in [6, 6.07) is 17.6. The van der Waals surface area contributed by atoms with Crippen LogP contribution in [-0.4, -0.2) is 21.8 Å². The van der Waals surface area contributed by atoms with Gasteiger partial charge in [0.05, 0.1) is 15.8 Å². The lowest BCUT2D eigenvalue weighted by atomic mass is 10.1. The molecule has 0 saturated carbocycles. The summed E-state index contributed by atoms with van der Waals surface area (Å²) < 4.78 is -0.0869. The summed E-state index contributed by atoms with van der Waals surface area (Å²) in [6.45, 7) is 1.55. The van der Waals surface area contributed by atoms with Gasteiger partial charge in [-0.15, -0.1) is 11.8 Å². The number of amides is 1. The van der Waals surface area contributed by atoms with Crippen molar-refractivity contribution < 1.29 is 9.59 Å². The minimum atomic E-state index is -0.338. The molecule has 0 aliphatic carbocycles. The molecule has 0 radical (unpaired) electrons. The van der Waals surface area contributed by atoms with Crippen LogP contribution in [0.5, 0.6) is 0 Å². The highest BCUT2D eigenvalue weighted by molar-refractivity contribution is 8.24. The van der Waals surface area contributed by atoms with E-state index < -0.39 is 0 Å². The molecule has 30 heavy (non-hydrogen) atoms. The van der Waals surface area contributed by atoms with Gasteiger partial charge in [0.2, 0.25) is 5.91 Å². The normalized spacial score (nSPS) is 12.3. The lowest BCUT2D eigenvalue weighted by Crippen LogP contribution is -2.11. The summed E-state index contributed by atoms with van der Waals surface area (Å²) in [5.41, 5.74) is 8.94. The molecule has 1 aromatic heterocycles. The second-order valence-corrected chi connectivity index (χ2v) is 9.83. The summed E-state index contributed by atoms with van der Waals surface area (Å²) in [5.74, 6) is 0.235. The molecule has 0 aliphatic rings. The van der Waals surface area contributed by atoms with Gasteiger partial charge < -0.3 is 5.73 Å². The number of primary amides is 1. The van der Waals surface area contributed by atoms with Crippen molar-refractivity contribution in [1.82, 2.24) is 4.98 Å². The highest BCUT2D eigenvalue weighted by Crippen LogP contribution is 2.40. The molecule has 154 valence electrons. The van der Waals surface area contributed by atoms with Gasteiger partial charge in [0.1, 0.15) is 0 Å². The molecule has 1 unspecified atom stereocenters. The predicted octanol–water partition coefficient (Wildman–Crippen LogP) is 5.95. The van der Waals surface area contributed by atoms with E-state index in [2.05, 4.69) is 4.98 Å². The summed E-state index contributed by atoms with van der Waals surface area (Å²) in [6.07, 6.45) is 4.23. The van der Waals surface area contributed by atoms with E-state index in [1.54, 1.807) is 18.7 Å². The van der Waals surface area contributed by atoms with E-state index in [1.807, 2.05) is 66.7 Å². The molecular formula is C23H21ClN2O2S2. The van der Waals surface area contributed by atoms with E-state index in [0.29, 0.717) is 10.8 Å². The van der Waals surface area contributed by atoms with Crippen molar-refractivity contribution in [3.63, 3.8) is 0 Å². The molecule has 3 rings (SSSR count). The molecule has 0 fully saturated rings. The molecule has 0 bridgehead atoms. The first kappa shape index (κ1) is 22.4. The number of benzene rings is 2. The first-order chi connectivity index (χ1) is 14.4. The molecular weight excluding hydrogens is 436 g/mol. The van der Waals surface area contributed by atoms with Gasteiger partial charge in [-0.2, -0.15) is 0 Å². The van der Waals surface area contributed by atoms with Crippen LogP contribution in [-0.2, 0) is 9.59 Å². The average Bonchev–Trinajstić information content (AvgIpc) is 2.71. The zero-order valence-corrected chi connectivity index (χ0v) is 18.8. The molecule has 0 aliphatic heterocycles. The number of rotatable bonds is 8. The molecule has 3 aromatic rings. The zero-order valence-electron chi connectivity index (χ0n) is 16.4. The molecule has 1 amide bonds. The first-order valence-electron chi connectivity index (χ1n) is 9.32. The Hall–Kier alpha value is -2.28. The van der Waals surface area contributed by atoms with E-state index in [9.17, 15) is 9.59 Å². The third kappa shape index (κ3) is 6.62. The Kier molecular flexibility index (Phi) is 7.96. The Balaban J connectivity index is 1.79. The number of carbonyl (C=O) groups is 2. The summed E-state index contributed by atoms with van der Waals surface area (Å²) in [5, 5.41) is 1.73. The average molecular weight is 457 g/mol. The van der Waals surface area contributed by atoms with Crippen LogP contribution >= 0.6 is 35.1 Å². The fourth-order valence-electron chi connectivity index (χ4n) is 2.81. The molecule has 0 spiro atoms. The number of pyridine rings is 1. The van der Waals surface area contributed by atoms with Crippen LogP contribution in [0.1, 0.15) is 34.7 Å². The second-order valence-electron chi connectivity index (χ2n) is 6.61. The number of hydrogen-bond donors (Lipinski definition) is 1. The van der Waals surface area contributed by atoms with Crippen LogP contribution in [0, 0.1) is 0 Å². The number of nitrogens with two attached hydrogens (primary N) is 1. The number of thioether (sulfide) groups is 2. The lowest BCUT2D eigenvalue weighted by Gasteiger charge is -2.15. The monoisotopic (exact) mass is 456 g/mol. The summed E-state index contributed by atoms with van der Waals surface area (Å²) in [7, 11) is 0. The third-order valence-electron chi connectivity index (χ3n) is 4.20. The van der Waals surface area contributed by atoms with E-state index in [4.69, 9.17) is 17.3 Å². The van der Waals surface area contributed by atoms with Crippen molar-refractivity contribution in [3.05, 3.63) is 76.4 Å². The molecule has 1 atom stereocenters. The molecule has 1 heterocycles. The predicted molar refractivity (Wildman–Crippen MR) is 129 cm³/mol. The lowest BCUT2D eigenvalue weighted by molar-refractivity contribution is -0.117. The van der Waals surface area contributed by atoms with E-state index >= 15 is 0 Å². The number of aromatic nitrogens is 1. The molecule has 4 nitrogen and oxygen atoms in total. The highest BCUT2D eigenvalue weighted by atomic mass is 35.5. The van der Waals surface area contributed by atoms with Gasteiger partial charge in [-0.3, -0.25) is 9.59 Å². The topological polar surface area (TPSA) is 73.1 Å². The van der Waals surface area contributed by atoms with Gasteiger partial charge in [-0.05, 0) is 41.5 Å². The van der Waals surface area contributed by atoms with Gasteiger partial charge >= 0.3 is 0 Å². The Labute approximate surface area is 189 Å². The van der Waals surface area contributed by atoms with Gasteiger partial charge in [0.25, 0.3) is 0 Å². The molecule has 7 heteroatoms. The van der Waals surface area contributed by atoms with Gasteiger partial charge in [0.15, 0.2) is 5.12 Å². The van der Waals surface area contributed by atoms with Gasteiger partial charge in [-0.25, -0.2) is 4.98 Å². The van der Waals surface area contributed by atoms with Crippen LogP contribution in [0.3, 0.4) is 0 Å². The largest absolute Gasteiger partial charge is 0.370 e. The van der Waals surface area contributed by atoms with Crippen molar-refractivity contribution in [2.24, 2.45) is 5.73 Å². The SMILES string of the molecule is CC(=O)SC(SCCC(N)=O)c1cccc(/C=C/c2ccc3ccc(Cl)cc3n2)c1. The minimum Gasteiger partial charge on any atom is -0.370 e. The molecule has 2 N–H and O–H groups in total. The van der Waals surface area contributed by atoms with Crippen molar-refractivity contribution >= 4 is 69.2 Å². The maximum Gasteiger partial charge on any atom is 0.218 e. The van der Waals surface area contributed by atoms with Crippen molar-refractivity contribution in [2.45, 2.75) is 17.9 Å². The van der Waals surface area contributed by atoms with Crippen LogP contribution in [0.4, 0.5) is 0 Å². The maximum atomic E-state index is 11.7. The first-order valence-corrected chi connectivity index (χ1v) is 11.6.